The number of benzene rings is 1. The van der Waals surface area contributed by atoms with Gasteiger partial charge in [-0.05, 0) is 36.9 Å². The van der Waals surface area contributed by atoms with E-state index in [0.29, 0.717) is 5.75 Å². The second-order valence-electron chi connectivity index (χ2n) is 5.81. The number of rotatable bonds is 5. The van der Waals surface area contributed by atoms with E-state index in [1.54, 1.807) is 14.2 Å². The van der Waals surface area contributed by atoms with Crippen molar-refractivity contribution in [3.63, 3.8) is 0 Å². The minimum Gasteiger partial charge on any atom is -0.493 e. The fraction of sp³-hybridized carbons (Fsp3) is 0.625. The molecule has 20 heavy (non-hydrogen) atoms. The molecule has 1 N–H and O–H groups in total. The number of hydrogen-bond donors (Lipinski definition) is 1. The Kier molecular flexibility index (Phi) is 4.82. The maximum absolute atomic E-state index is 6.48. The molecular weight excluding hydrogens is 274 g/mol. The lowest BCUT2D eigenvalue weighted by Crippen LogP contribution is -2.32. The second kappa shape index (κ2) is 6.23. The first-order chi connectivity index (χ1) is 9.55. The molecule has 3 nitrogen and oxygen atoms in total. The van der Waals surface area contributed by atoms with Gasteiger partial charge in [-0.15, -0.1) is 0 Å². The van der Waals surface area contributed by atoms with Crippen LogP contribution in [0.1, 0.15) is 44.2 Å². The van der Waals surface area contributed by atoms with Crippen LogP contribution < -0.4 is 14.8 Å². The first kappa shape index (κ1) is 15.5. The first-order valence-electron chi connectivity index (χ1n) is 7.14. The quantitative estimate of drug-likeness (QED) is 0.883. The summed E-state index contributed by atoms with van der Waals surface area (Å²) in [6.45, 7) is 2.34. The van der Waals surface area contributed by atoms with Gasteiger partial charge in [0.1, 0.15) is 0 Å². The van der Waals surface area contributed by atoms with Crippen molar-refractivity contribution in [2.24, 2.45) is 5.41 Å². The lowest BCUT2D eigenvalue weighted by molar-refractivity contribution is 0.233. The lowest BCUT2D eigenvalue weighted by atomic mass is 9.77. The van der Waals surface area contributed by atoms with Crippen molar-refractivity contribution < 1.29 is 9.47 Å². The van der Waals surface area contributed by atoms with Gasteiger partial charge in [-0.3, -0.25) is 0 Å². The molecule has 4 heteroatoms. The first-order valence-corrected chi connectivity index (χ1v) is 7.52. The zero-order valence-corrected chi connectivity index (χ0v) is 13.5. The molecule has 1 aliphatic carbocycles. The normalized spacial score (nSPS) is 18.9. The molecular formula is C16H24ClNO2. The molecule has 1 unspecified atom stereocenters. The fourth-order valence-electron chi connectivity index (χ4n) is 3.44. The van der Waals surface area contributed by atoms with Gasteiger partial charge in [-0.2, -0.15) is 0 Å². The van der Waals surface area contributed by atoms with E-state index in [9.17, 15) is 0 Å². The predicted octanol–water partition coefficient (Wildman–Crippen LogP) is 4.20. The maximum atomic E-state index is 6.48. The highest BCUT2D eigenvalue weighted by Crippen LogP contribution is 2.49. The summed E-state index contributed by atoms with van der Waals surface area (Å²) in [4.78, 5) is 0. The molecule has 0 radical (unpaired) electrons. The van der Waals surface area contributed by atoms with E-state index in [2.05, 4.69) is 12.2 Å². The summed E-state index contributed by atoms with van der Waals surface area (Å²) in [5.41, 5.74) is 1.34. The number of nitrogens with one attached hydrogen (secondary N) is 1. The molecule has 1 saturated carbocycles. The van der Waals surface area contributed by atoms with Gasteiger partial charge in [0.05, 0.1) is 14.2 Å². The summed E-state index contributed by atoms with van der Waals surface area (Å²) >= 11 is 6.48. The highest BCUT2D eigenvalue weighted by molar-refractivity contribution is 6.31. The van der Waals surface area contributed by atoms with E-state index in [4.69, 9.17) is 21.1 Å². The average Bonchev–Trinajstić information content (AvgIpc) is 2.88. The Bertz CT molecular complexity index is 470. The lowest BCUT2D eigenvalue weighted by Gasteiger charge is -2.35. The van der Waals surface area contributed by atoms with Crippen LogP contribution in [0.15, 0.2) is 12.1 Å². The molecule has 1 aliphatic rings. The summed E-state index contributed by atoms with van der Waals surface area (Å²) in [6.07, 6.45) is 5.03. The monoisotopic (exact) mass is 297 g/mol. The zero-order chi connectivity index (χ0) is 14.8. The van der Waals surface area contributed by atoms with Crippen LogP contribution in [0, 0.1) is 5.41 Å². The molecule has 0 saturated heterocycles. The second-order valence-corrected chi connectivity index (χ2v) is 6.22. The number of halogens is 1. The van der Waals surface area contributed by atoms with Crippen molar-refractivity contribution >= 4 is 11.6 Å². The van der Waals surface area contributed by atoms with Crippen molar-refractivity contribution in [1.82, 2.24) is 5.32 Å². The molecule has 2 rings (SSSR count). The molecule has 0 aliphatic heterocycles. The highest BCUT2D eigenvalue weighted by Gasteiger charge is 2.38. The van der Waals surface area contributed by atoms with Gasteiger partial charge in [-0.1, -0.05) is 31.4 Å². The van der Waals surface area contributed by atoms with Crippen molar-refractivity contribution in [3.8, 4) is 11.5 Å². The SMILES string of the molecule is CNC(c1cc(OC)c(OC)cc1Cl)C1(C)CCCC1. The molecule has 1 fully saturated rings. The van der Waals surface area contributed by atoms with Crippen LogP contribution in [0.25, 0.3) is 0 Å². The summed E-state index contributed by atoms with van der Waals surface area (Å²) < 4.78 is 10.7. The number of ether oxygens (including phenoxy) is 2. The fourth-order valence-corrected chi connectivity index (χ4v) is 3.70. The third-order valence-corrected chi connectivity index (χ3v) is 4.87. The van der Waals surface area contributed by atoms with E-state index in [-0.39, 0.29) is 11.5 Å². The predicted molar refractivity (Wildman–Crippen MR) is 82.9 cm³/mol. The van der Waals surface area contributed by atoms with E-state index in [1.807, 2.05) is 19.2 Å². The van der Waals surface area contributed by atoms with E-state index in [1.165, 1.54) is 25.7 Å². The van der Waals surface area contributed by atoms with E-state index < -0.39 is 0 Å². The van der Waals surface area contributed by atoms with Gasteiger partial charge in [-0.25, -0.2) is 0 Å². The molecule has 1 aromatic rings. The van der Waals surface area contributed by atoms with Crippen LogP contribution in [0.2, 0.25) is 5.02 Å². The Hall–Kier alpha value is -0.930. The Balaban J connectivity index is 2.44. The topological polar surface area (TPSA) is 30.5 Å². The van der Waals surface area contributed by atoms with Gasteiger partial charge in [0.25, 0.3) is 0 Å². The van der Waals surface area contributed by atoms with Crippen LogP contribution in [0.3, 0.4) is 0 Å². The van der Waals surface area contributed by atoms with Crippen LogP contribution in [-0.4, -0.2) is 21.3 Å². The molecule has 0 aromatic heterocycles. The van der Waals surface area contributed by atoms with Gasteiger partial charge in [0.15, 0.2) is 11.5 Å². The molecule has 112 valence electrons. The van der Waals surface area contributed by atoms with Crippen LogP contribution >= 0.6 is 11.6 Å². The summed E-state index contributed by atoms with van der Waals surface area (Å²) in [5, 5.41) is 4.18. The molecule has 0 amide bonds. The summed E-state index contributed by atoms with van der Waals surface area (Å²) in [6, 6.07) is 4.09. The van der Waals surface area contributed by atoms with Crippen molar-refractivity contribution in [2.45, 2.75) is 38.6 Å². The summed E-state index contributed by atoms with van der Waals surface area (Å²) in [5.74, 6) is 1.40. The van der Waals surface area contributed by atoms with Gasteiger partial charge in [0.2, 0.25) is 0 Å². The van der Waals surface area contributed by atoms with Gasteiger partial charge < -0.3 is 14.8 Å². The van der Waals surface area contributed by atoms with Crippen molar-refractivity contribution in [1.29, 1.82) is 0 Å². The number of hydrogen-bond acceptors (Lipinski definition) is 3. The van der Waals surface area contributed by atoms with Crippen LogP contribution in [0.4, 0.5) is 0 Å². The molecule has 0 bridgehead atoms. The van der Waals surface area contributed by atoms with E-state index >= 15 is 0 Å². The molecule has 1 atom stereocenters. The van der Waals surface area contributed by atoms with Crippen LogP contribution in [0.5, 0.6) is 11.5 Å². The Morgan fingerprint density at radius 3 is 2.20 bits per heavy atom. The number of methoxy groups -OCH3 is 2. The third kappa shape index (κ3) is 2.75. The van der Waals surface area contributed by atoms with Gasteiger partial charge in [0, 0.05) is 17.1 Å². The highest BCUT2D eigenvalue weighted by atomic mass is 35.5. The van der Waals surface area contributed by atoms with Crippen molar-refractivity contribution in [3.05, 3.63) is 22.7 Å². The molecule has 1 aromatic carbocycles. The Labute approximate surface area is 126 Å². The van der Waals surface area contributed by atoms with Crippen molar-refractivity contribution in [2.75, 3.05) is 21.3 Å². The minimum absolute atomic E-state index is 0.234. The maximum Gasteiger partial charge on any atom is 0.162 e. The third-order valence-electron chi connectivity index (χ3n) is 4.55. The zero-order valence-electron chi connectivity index (χ0n) is 12.8. The summed E-state index contributed by atoms with van der Waals surface area (Å²) in [7, 11) is 5.28. The average molecular weight is 298 g/mol. The standard InChI is InChI=1S/C16H24ClNO2/c1-16(7-5-6-8-16)15(18-2)11-9-13(19-3)14(20-4)10-12(11)17/h9-10,15,18H,5-8H2,1-4H3. The smallest absolute Gasteiger partial charge is 0.162 e. The molecule has 0 spiro atoms. The Morgan fingerprint density at radius 1 is 1.15 bits per heavy atom. The van der Waals surface area contributed by atoms with E-state index in [0.717, 1.165) is 16.3 Å². The van der Waals surface area contributed by atoms with Crippen LogP contribution in [-0.2, 0) is 0 Å². The Morgan fingerprint density at radius 2 is 1.70 bits per heavy atom. The van der Waals surface area contributed by atoms with Gasteiger partial charge >= 0.3 is 0 Å². The minimum atomic E-state index is 0.234. The largest absolute Gasteiger partial charge is 0.493 e. The molecule has 0 heterocycles.